The van der Waals surface area contributed by atoms with Gasteiger partial charge in [0.05, 0.1) is 45.5 Å². The highest BCUT2D eigenvalue weighted by molar-refractivity contribution is 7.32. The number of thiophene rings is 4. The quantitative estimate of drug-likeness (QED) is 0.0165. The molecule has 6 nitrogen and oxygen atoms in total. The molecule has 0 aliphatic heterocycles. The van der Waals surface area contributed by atoms with Gasteiger partial charge in [-0.25, -0.2) is 20.2 Å². The van der Waals surface area contributed by atoms with Crippen molar-refractivity contribution < 1.29 is 9.59 Å². The number of hydrogen-bond donors (Lipinski definition) is 0. The number of nitriles is 2. The molecule has 4 aliphatic rings. The van der Waals surface area contributed by atoms with Crippen molar-refractivity contribution in [1.82, 2.24) is 0 Å². The van der Waals surface area contributed by atoms with E-state index in [0.29, 0.717) is 44.5 Å². The van der Waals surface area contributed by atoms with Crippen LogP contribution in [0.3, 0.4) is 0 Å². The van der Waals surface area contributed by atoms with Crippen LogP contribution >= 0.6 is 45.3 Å². The molecule has 14 rings (SSSR count). The maximum absolute atomic E-state index is 15.4. The van der Waals surface area contributed by atoms with Gasteiger partial charge >= 0.3 is 0 Å². The number of rotatable bonds is 46. The Hall–Kier alpha value is -9.36. The highest BCUT2D eigenvalue weighted by atomic mass is 32.1. The average Bonchev–Trinajstić information content (AvgIpc) is 1.48. The second kappa shape index (κ2) is 43.2. The summed E-state index contributed by atoms with van der Waals surface area (Å²) in [6.45, 7) is 35.5. The zero-order valence-corrected chi connectivity index (χ0v) is 78.6. The first-order chi connectivity index (χ1) is 60.8. The van der Waals surface area contributed by atoms with Gasteiger partial charge in [-0.05, 0) is 205 Å². The fourth-order valence-electron chi connectivity index (χ4n) is 20.6. The van der Waals surface area contributed by atoms with Crippen LogP contribution in [0.1, 0.15) is 390 Å². The lowest BCUT2D eigenvalue weighted by Crippen LogP contribution is -2.29. The fourth-order valence-corrected chi connectivity index (χ4v) is 26.6. The molecule has 0 fully saturated rings. The number of hydrogen-bond acceptors (Lipinski definition) is 8. The smallest absolute Gasteiger partial charge is 0.270 e. The summed E-state index contributed by atoms with van der Waals surface area (Å²) in [5.41, 5.74) is 23.4. The topological polar surface area (TPSA) is 90.4 Å². The van der Waals surface area contributed by atoms with Crippen LogP contribution in [0.25, 0.3) is 63.3 Å². The summed E-state index contributed by atoms with van der Waals surface area (Å²) in [6.07, 6.45) is 48.9. The molecule has 4 aromatic heterocycles. The predicted molar refractivity (Wildman–Crippen MR) is 529 cm³/mol. The maximum atomic E-state index is 15.4. The first kappa shape index (κ1) is 90.9. The van der Waals surface area contributed by atoms with E-state index in [9.17, 15) is 10.5 Å². The van der Waals surface area contributed by atoms with Crippen molar-refractivity contribution in [2.75, 3.05) is 0 Å². The molecule has 124 heavy (non-hydrogen) atoms. The third-order valence-corrected chi connectivity index (χ3v) is 31.8. The summed E-state index contributed by atoms with van der Waals surface area (Å²) in [6, 6.07) is 56.0. The SMILES string of the molecule is [C-]#[N+]/C(C#N)=C1\C(=C\c2cc3c(s2)C(c2cc(CCCCCC)cc(CCCCCC)c2)(c2cc(CCCCCC)cc(CCCCCC)c2)c2c-3sc3c4c(sc23)-c2cc(/C=C3\C(=O)c5ccccc5\C3=C(\C#N)[N+]#[C-])sc2C4(c2cc(CCCCCC)cc(CCCCCC)c2)c2cc(CCCCCC)cc(CCCCCC)c2)C(=O)c2ccccc21. The van der Waals surface area contributed by atoms with Gasteiger partial charge in [-0.3, -0.25) is 9.59 Å². The third kappa shape index (κ3) is 18.9. The molecule has 0 radical (unpaired) electrons. The molecule has 0 unspecified atom stereocenters. The van der Waals surface area contributed by atoms with Gasteiger partial charge in [0.25, 0.3) is 11.4 Å². The van der Waals surface area contributed by atoms with Gasteiger partial charge in [-0.1, -0.05) is 331 Å². The molecule has 4 aliphatic carbocycles. The van der Waals surface area contributed by atoms with Crippen LogP contribution in [0.4, 0.5) is 0 Å². The number of carbonyl (C=O) groups excluding carboxylic acids is 2. The van der Waals surface area contributed by atoms with E-state index in [1.165, 1.54) is 221 Å². The highest BCUT2D eigenvalue weighted by Gasteiger charge is 2.56. The molecule has 10 heteroatoms. The molecule has 0 saturated heterocycles. The number of carbonyl (C=O) groups is 2. The van der Waals surface area contributed by atoms with Crippen molar-refractivity contribution in [3.05, 3.63) is 298 Å². The minimum Gasteiger partial charge on any atom is -0.289 e. The summed E-state index contributed by atoms with van der Waals surface area (Å²) < 4.78 is 2.61. The van der Waals surface area contributed by atoms with Crippen LogP contribution in [-0.2, 0) is 62.2 Å². The molecule has 0 bridgehead atoms. The van der Waals surface area contributed by atoms with Crippen LogP contribution in [0.5, 0.6) is 0 Å². The number of benzene rings is 6. The van der Waals surface area contributed by atoms with E-state index >= 15 is 9.59 Å². The Morgan fingerprint density at radius 2 is 0.565 bits per heavy atom. The van der Waals surface area contributed by atoms with E-state index in [1.54, 1.807) is 0 Å². The maximum Gasteiger partial charge on any atom is 0.270 e. The lowest BCUT2D eigenvalue weighted by molar-refractivity contribution is 0.103. The summed E-state index contributed by atoms with van der Waals surface area (Å²) in [7, 11) is 0. The van der Waals surface area contributed by atoms with Gasteiger partial charge < -0.3 is 0 Å². The van der Waals surface area contributed by atoms with E-state index in [1.807, 2.05) is 106 Å². The number of ketones is 2. The van der Waals surface area contributed by atoms with Crippen molar-refractivity contribution in [1.29, 1.82) is 10.5 Å². The standard InChI is InChI=1S/C114H128N4O2S4/c1-11-19-27-35-47-77-59-78(48-36-28-20-12-2)64-85(63-77)113(86-65-79(49-37-29-21-13-3)60-80(66-86)50-38-30-22-14-4)103-107(97-73-89(121-111(97)113)71-95-101(99(75-115)117-9)91-55-43-45-57-93(91)105(95)119)123-110-104-108(124-109(103)110)98-74-90(72-96-102(100(76-116)118-10)92-56-44-46-58-94(92)106(96)120)122-112(98)114(104,87-67-81(51-39-31-23-15-5)61-82(68-87)52-40-32-24-16-6)88-69-83(53-41-33-25-17-7)62-84(70-88)54-42-34-26-18-8/h43-46,55-74H,11-42,47-54H2,1-8H3/b95-71-,96-72-,101-99-,102-100+. The molecular weight excluding hydrogens is 1590 g/mol. The summed E-state index contributed by atoms with van der Waals surface area (Å²) >= 11 is 7.61. The number of unbranched alkanes of at least 4 members (excludes halogenated alkanes) is 24. The minimum absolute atomic E-state index is 0.0773. The molecule has 0 amide bonds. The number of nitrogens with zero attached hydrogens (tertiary/aromatic N) is 4. The Morgan fingerprint density at radius 3 is 0.790 bits per heavy atom. The summed E-state index contributed by atoms with van der Waals surface area (Å²) in [5.74, 6) is -0.333. The van der Waals surface area contributed by atoms with Gasteiger partial charge in [0.2, 0.25) is 0 Å². The highest BCUT2D eigenvalue weighted by Crippen LogP contribution is 2.71. The molecule has 640 valence electrons. The number of Topliss-reactive ketones (excluding diaryl/α,β-unsaturated/α-hetero) is 2. The Kier molecular flexibility index (Phi) is 31.7. The lowest BCUT2D eigenvalue weighted by atomic mass is 9.68. The molecule has 6 aromatic carbocycles. The molecule has 0 spiro atoms. The number of fused-ring (bicyclic) bond motifs is 11. The van der Waals surface area contributed by atoms with E-state index in [2.05, 4.69) is 162 Å². The fraction of sp³-hybridized carbons (Fsp3) is 0.439. The Bertz CT molecular complexity index is 5180. The number of allylic oxidation sites excluding steroid dienone is 6. The monoisotopic (exact) mass is 1710 g/mol. The Balaban J connectivity index is 1.17. The van der Waals surface area contributed by atoms with Gasteiger partial charge in [0, 0.05) is 84.9 Å². The molecular formula is C114H128N4O2S4. The van der Waals surface area contributed by atoms with Crippen LogP contribution < -0.4 is 0 Å². The van der Waals surface area contributed by atoms with Gasteiger partial charge in [-0.2, -0.15) is 0 Å². The van der Waals surface area contributed by atoms with Gasteiger partial charge in [0.1, 0.15) is 0 Å². The van der Waals surface area contributed by atoms with Crippen molar-refractivity contribution in [3.8, 4) is 33.0 Å². The van der Waals surface area contributed by atoms with Crippen molar-refractivity contribution in [2.45, 2.75) is 323 Å². The Labute approximate surface area is 758 Å². The lowest BCUT2D eigenvalue weighted by Gasteiger charge is -2.35. The first-order valence-electron chi connectivity index (χ1n) is 48.0. The van der Waals surface area contributed by atoms with Crippen molar-refractivity contribution in [2.24, 2.45) is 0 Å². The van der Waals surface area contributed by atoms with E-state index in [4.69, 9.17) is 13.1 Å². The van der Waals surface area contributed by atoms with Crippen LogP contribution in [-0.4, -0.2) is 11.6 Å². The van der Waals surface area contributed by atoms with Crippen LogP contribution in [0.2, 0.25) is 0 Å². The largest absolute Gasteiger partial charge is 0.289 e. The van der Waals surface area contributed by atoms with E-state index in [0.717, 1.165) is 164 Å². The second-order valence-corrected chi connectivity index (χ2v) is 40.2. The normalized spacial score (nSPS) is 15.3. The summed E-state index contributed by atoms with van der Waals surface area (Å²) in [4.78, 5) is 45.4. The zero-order valence-electron chi connectivity index (χ0n) is 75.4. The van der Waals surface area contributed by atoms with E-state index < -0.39 is 10.8 Å². The minimum atomic E-state index is -0.889. The predicted octanol–water partition coefficient (Wildman–Crippen LogP) is 33.7. The Morgan fingerprint density at radius 1 is 0.323 bits per heavy atom. The zero-order chi connectivity index (χ0) is 86.7. The molecule has 4 heterocycles. The van der Waals surface area contributed by atoms with Crippen molar-refractivity contribution in [3.63, 3.8) is 0 Å². The molecule has 0 atom stereocenters. The third-order valence-electron chi connectivity index (χ3n) is 26.8. The summed E-state index contributed by atoms with van der Waals surface area (Å²) in [5, 5.41) is 21.8. The van der Waals surface area contributed by atoms with Crippen molar-refractivity contribution >= 4 is 89.6 Å². The first-order valence-corrected chi connectivity index (χ1v) is 51.3. The van der Waals surface area contributed by atoms with E-state index in [-0.39, 0.29) is 23.0 Å². The molecule has 10 aromatic rings. The van der Waals surface area contributed by atoms with Gasteiger partial charge in [0.15, 0.2) is 11.6 Å². The van der Waals surface area contributed by atoms with Gasteiger partial charge in [-0.15, -0.1) is 45.3 Å². The number of aryl methyl sites for hydroxylation is 8. The molecule has 0 saturated carbocycles. The second-order valence-electron chi connectivity index (χ2n) is 36.0. The van der Waals surface area contributed by atoms with Crippen LogP contribution in [0, 0.1) is 35.8 Å². The molecule has 0 N–H and O–H groups in total. The average molecular weight is 1710 g/mol. The van der Waals surface area contributed by atoms with Crippen LogP contribution in [0.15, 0.2) is 156 Å².